The molecular formula is C18H24N2O5. The van der Waals surface area contributed by atoms with Crippen molar-refractivity contribution < 1.29 is 19.2 Å². The molecule has 136 valence electrons. The maximum absolute atomic E-state index is 11.7. The maximum Gasteiger partial charge on any atom is 0.306 e. The van der Waals surface area contributed by atoms with Crippen LogP contribution in [0, 0.1) is 16.0 Å². The molecular weight excluding hydrogens is 324 g/mol. The summed E-state index contributed by atoms with van der Waals surface area (Å²) in [5, 5.41) is 13.1. The Hall–Kier alpha value is -2.44. The zero-order valence-electron chi connectivity index (χ0n) is 14.2. The minimum Gasteiger partial charge on any atom is -0.456 e. The molecule has 1 fully saturated rings. The van der Waals surface area contributed by atoms with Crippen LogP contribution in [0.25, 0.3) is 0 Å². The van der Waals surface area contributed by atoms with Gasteiger partial charge < -0.3 is 10.1 Å². The van der Waals surface area contributed by atoms with E-state index in [1.807, 2.05) is 0 Å². The fourth-order valence-corrected chi connectivity index (χ4v) is 3.09. The quantitative estimate of drug-likeness (QED) is 0.437. The second-order valence-corrected chi connectivity index (χ2v) is 6.41. The van der Waals surface area contributed by atoms with Crippen LogP contribution in [0.15, 0.2) is 24.3 Å². The molecule has 1 aromatic carbocycles. The van der Waals surface area contributed by atoms with E-state index in [9.17, 15) is 19.7 Å². The fourth-order valence-electron chi connectivity index (χ4n) is 3.09. The molecule has 1 saturated carbocycles. The molecule has 0 aromatic heterocycles. The third-order valence-corrected chi connectivity index (χ3v) is 4.44. The zero-order valence-corrected chi connectivity index (χ0v) is 14.2. The lowest BCUT2D eigenvalue weighted by molar-refractivity contribution is -0.384. The molecule has 1 aliphatic rings. The van der Waals surface area contributed by atoms with E-state index in [1.165, 1.54) is 56.4 Å². The number of hydrogen-bond acceptors (Lipinski definition) is 5. The Bertz CT molecular complexity index is 594. The van der Waals surface area contributed by atoms with E-state index >= 15 is 0 Å². The summed E-state index contributed by atoms with van der Waals surface area (Å²) in [6.45, 7) is -0.348. The van der Waals surface area contributed by atoms with Crippen molar-refractivity contribution in [1.82, 2.24) is 0 Å². The Labute approximate surface area is 146 Å². The Morgan fingerprint density at radius 2 is 1.84 bits per heavy atom. The number of benzene rings is 1. The van der Waals surface area contributed by atoms with Crippen LogP contribution in [0.3, 0.4) is 0 Å². The number of amides is 1. The molecule has 0 heterocycles. The van der Waals surface area contributed by atoms with E-state index in [0.29, 0.717) is 12.1 Å². The minimum absolute atomic E-state index is 0.0533. The van der Waals surface area contributed by atoms with Crippen molar-refractivity contribution in [2.45, 2.75) is 51.4 Å². The van der Waals surface area contributed by atoms with Crippen LogP contribution >= 0.6 is 0 Å². The smallest absolute Gasteiger partial charge is 0.306 e. The van der Waals surface area contributed by atoms with Gasteiger partial charge in [0.1, 0.15) is 0 Å². The molecule has 0 unspecified atom stereocenters. The van der Waals surface area contributed by atoms with E-state index in [0.717, 1.165) is 18.8 Å². The van der Waals surface area contributed by atoms with Crippen molar-refractivity contribution in [2.75, 3.05) is 11.9 Å². The van der Waals surface area contributed by atoms with Gasteiger partial charge in [0, 0.05) is 24.2 Å². The number of hydrogen-bond donors (Lipinski definition) is 1. The summed E-state index contributed by atoms with van der Waals surface area (Å²) in [7, 11) is 0. The molecule has 1 aromatic rings. The molecule has 0 atom stereocenters. The summed E-state index contributed by atoms with van der Waals surface area (Å²) in [6.07, 6.45) is 8.59. The lowest BCUT2D eigenvalue weighted by Gasteiger charge is -2.20. The molecule has 1 N–H and O–H groups in total. The van der Waals surface area contributed by atoms with Crippen molar-refractivity contribution in [3.05, 3.63) is 34.4 Å². The van der Waals surface area contributed by atoms with Gasteiger partial charge in [-0.2, -0.15) is 0 Å². The van der Waals surface area contributed by atoms with Crippen LogP contribution in [-0.4, -0.2) is 23.4 Å². The third-order valence-electron chi connectivity index (χ3n) is 4.44. The number of carbonyl (C=O) groups excluding carboxylic acids is 2. The number of nitrogens with one attached hydrogen (secondary N) is 1. The molecule has 25 heavy (non-hydrogen) atoms. The highest BCUT2D eigenvalue weighted by Gasteiger charge is 2.14. The van der Waals surface area contributed by atoms with E-state index in [2.05, 4.69) is 5.32 Å². The molecule has 0 bridgehead atoms. The predicted molar refractivity (Wildman–Crippen MR) is 93.1 cm³/mol. The predicted octanol–water partition coefficient (Wildman–Crippen LogP) is 3.83. The van der Waals surface area contributed by atoms with Crippen LogP contribution in [0.4, 0.5) is 11.4 Å². The second-order valence-electron chi connectivity index (χ2n) is 6.41. The van der Waals surface area contributed by atoms with Gasteiger partial charge in [-0.05, 0) is 30.9 Å². The van der Waals surface area contributed by atoms with Gasteiger partial charge in [0.25, 0.3) is 11.6 Å². The van der Waals surface area contributed by atoms with Crippen LogP contribution in [0.1, 0.15) is 51.4 Å². The summed E-state index contributed by atoms with van der Waals surface area (Å²) in [5.41, 5.74) is 0.367. The highest BCUT2D eigenvalue weighted by Crippen LogP contribution is 2.27. The highest BCUT2D eigenvalue weighted by atomic mass is 16.6. The number of anilines is 1. The normalized spacial score (nSPS) is 14.7. The summed E-state index contributed by atoms with van der Waals surface area (Å²) >= 11 is 0. The lowest BCUT2D eigenvalue weighted by atomic mass is 9.86. The molecule has 7 nitrogen and oxygen atoms in total. The molecule has 1 amide bonds. The topological polar surface area (TPSA) is 98.5 Å². The van der Waals surface area contributed by atoms with E-state index in [1.54, 1.807) is 0 Å². The summed E-state index contributed by atoms with van der Waals surface area (Å²) in [5.74, 6) is -0.101. The molecule has 2 rings (SSSR count). The Balaban J connectivity index is 1.61. The van der Waals surface area contributed by atoms with E-state index in [4.69, 9.17) is 4.74 Å². The molecule has 7 heteroatoms. The number of ether oxygens (including phenoxy) is 1. The Morgan fingerprint density at radius 3 is 2.48 bits per heavy atom. The van der Waals surface area contributed by atoms with Crippen molar-refractivity contribution in [2.24, 2.45) is 5.92 Å². The van der Waals surface area contributed by atoms with Gasteiger partial charge >= 0.3 is 5.97 Å². The largest absolute Gasteiger partial charge is 0.456 e. The number of carbonyl (C=O) groups is 2. The molecule has 0 aliphatic heterocycles. The first kappa shape index (κ1) is 18.9. The number of nitrogens with zero attached hydrogens (tertiary/aromatic N) is 1. The average Bonchev–Trinajstić information content (AvgIpc) is 2.61. The van der Waals surface area contributed by atoms with Crippen molar-refractivity contribution >= 4 is 23.3 Å². The highest BCUT2D eigenvalue weighted by molar-refractivity contribution is 5.92. The first-order chi connectivity index (χ1) is 12.0. The summed E-state index contributed by atoms with van der Waals surface area (Å²) in [4.78, 5) is 33.5. The maximum atomic E-state index is 11.7. The number of esters is 1. The first-order valence-electron chi connectivity index (χ1n) is 8.74. The van der Waals surface area contributed by atoms with Gasteiger partial charge in [0.2, 0.25) is 0 Å². The van der Waals surface area contributed by atoms with Gasteiger partial charge in [0.05, 0.1) is 4.92 Å². The summed E-state index contributed by atoms with van der Waals surface area (Å²) < 4.78 is 4.97. The van der Waals surface area contributed by atoms with Crippen LogP contribution in [0.2, 0.25) is 0 Å². The second kappa shape index (κ2) is 9.76. The van der Waals surface area contributed by atoms with Gasteiger partial charge in [-0.15, -0.1) is 0 Å². The monoisotopic (exact) mass is 348 g/mol. The van der Waals surface area contributed by atoms with Crippen molar-refractivity contribution in [1.29, 1.82) is 0 Å². The third kappa shape index (κ3) is 6.91. The minimum atomic E-state index is -0.513. The van der Waals surface area contributed by atoms with Crippen LogP contribution in [-0.2, 0) is 14.3 Å². The van der Waals surface area contributed by atoms with Gasteiger partial charge in [0.15, 0.2) is 6.61 Å². The molecule has 0 radical (unpaired) electrons. The molecule has 0 saturated heterocycles. The Morgan fingerprint density at radius 1 is 1.16 bits per heavy atom. The molecule has 1 aliphatic carbocycles. The summed E-state index contributed by atoms with van der Waals surface area (Å²) in [6, 6.07) is 5.46. The average molecular weight is 348 g/mol. The van der Waals surface area contributed by atoms with Crippen molar-refractivity contribution in [3.63, 3.8) is 0 Å². The van der Waals surface area contributed by atoms with Gasteiger partial charge in [-0.1, -0.05) is 32.1 Å². The van der Waals surface area contributed by atoms with E-state index in [-0.39, 0.29) is 18.3 Å². The SMILES string of the molecule is O=C(COC(=O)CCCC1CCCCC1)Nc1ccc([N+](=O)[O-])cc1. The van der Waals surface area contributed by atoms with Gasteiger partial charge in [-0.25, -0.2) is 0 Å². The van der Waals surface area contributed by atoms with Crippen molar-refractivity contribution in [3.8, 4) is 0 Å². The number of nitro benzene ring substituents is 1. The van der Waals surface area contributed by atoms with Gasteiger partial charge in [-0.3, -0.25) is 19.7 Å². The van der Waals surface area contributed by atoms with Crippen LogP contribution in [0.5, 0.6) is 0 Å². The number of non-ortho nitro benzene ring substituents is 1. The zero-order chi connectivity index (χ0) is 18.1. The Kier molecular flexibility index (Phi) is 7.37. The first-order valence-corrected chi connectivity index (χ1v) is 8.74. The van der Waals surface area contributed by atoms with E-state index < -0.39 is 10.8 Å². The van der Waals surface area contributed by atoms with Crippen LogP contribution < -0.4 is 5.32 Å². The lowest BCUT2D eigenvalue weighted by Crippen LogP contribution is -2.20. The molecule has 0 spiro atoms. The fraction of sp³-hybridized carbons (Fsp3) is 0.556. The number of rotatable bonds is 8. The standard InChI is InChI=1S/C18H24N2O5/c21-17(19-15-9-11-16(12-10-15)20(23)24)13-25-18(22)8-4-7-14-5-2-1-3-6-14/h9-12,14H,1-8,13H2,(H,19,21). The number of nitro groups is 1.